The molecule has 0 radical (unpaired) electrons. The third kappa shape index (κ3) is 4.23. The van der Waals surface area contributed by atoms with Crippen molar-refractivity contribution in [3.8, 4) is 16.9 Å². The zero-order chi connectivity index (χ0) is 16.8. The predicted molar refractivity (Wildman–Crippen MR) is 80.6 cm³/mol. The molecule has 0 spiro atoms. The number of carbonyl (C=O) groups is 2. The van der Waals surface area contributed by atoms with Gasteiger partial charge in [-0.3, -0.25) is 4.79 Å². The lowest BCUT2D eigenvalue weighted by molar-refractivity contribution is -0.104. The quantitative estimate of drug-likeness (QED) is 0.649. The van der Waals surface area contributed by atoms with Gasteiger partial charge in [-0.25, -0.2) is 4.79 Å². The molecule has 0 fully saturated rings. The second-order valence-corrected chi connectivity index (χ2v) is 4.51. The number of hydrogen-bond acceptors (Lipinski definition) is 3. The van der Waals surface area contributed by atoms with E-state index < -0.39 is 12.6 Å². The van der Waals surface area contributed by atoms with Crippen LogP contribution in [0.5, 0.6) is 5.75 Å². The van der Waals surface area contributed by atoms with E-state index in [4.69, 9.17) is 5.11 Å². The molecule has 0 heterocycles. The Morgan fingerprint density at radius 2 is 1.83 bits per heavy atom. The van der Waals surface area contributed by atoms with Crippen LogP contribution in [0.15, 0.2) is 48.5 Å². The molecule has 0 saturated carbocycles. The highest BCUT2D eigenvalue weighted by Gasteiger charge is 2.10. The van der Waals surface area contributed by atoms with E-state index in [9.17, 15) is 18.4 Å². The van der Waals surface area contributed by atoms with Crippen molar-refractivity contribution >= 4 is 18.3 Å². The number of carboxylic acids is 1. The molecule has 118 valence electrons. The molecule has 2 aromatic rings. The standard InChI is InChI=1S/C17H12F2O4/c18-17(19)23-14-7-5-12(6-8-14)15-10-13(16(21)22)4-3-11(15)2-1-9-20/h1-10,17H,(H,21,22). The van der Waals surface area contributed by atoms with Gasteiger partial charge in [0.1, 0.15) is 12.0 Å². The number of allylic oxidation sites excluding steroid dienone is 1. The number of ether oxygens (including phenoxy) is 1. The minimum absolute atomic E-state index is 0.00289. The fourth-order valence-electron chi connectivity index (χ4n) is 2.04. The second kappa shape index (κ2) is 7.31. The summed E-state index contributed by atoms with van der Waals surface area (Å²) in [6.07, 6.45) is 3.43. The van der Waals surface area contributed by atoms with Crippen molar-refractivity contribution in [3.63, 3.8) is 0 Å². The Morgan fingerprint density at radius 3 is 2.39 bits per heavy atom. The number of aldehydes is 1. The van der Waals surface area contributed by atoms with E-state index in [2.05, 4.69) is 4.74 Å². The molecular weight excluding hydrogens is 306 g/mol. The normalized spacial score (nSPS) is 10.9. The van der Waals surface area contributed by atoms with Crippen LogP contribution in [0.3, 0.4) is 0 Å². The monoisotopic (exact) mass is 318 g/mol. The van der Waals surface area contributed by atoms with Crippen LogP contribution < -0.4 is 4.74 Å². The number of carboxylic acid groups (broad SMARTS) is 1. The summed E-state index contributed by atoms with van der Waals surface area (Å²) in [4.78, 5) is 21.6. The second-order valence-electron chi connectivity index (χ2n) is 4.51. The SMILES string of the molecule is O=CC=Cc1ccc(C(=O)O)cc1-c1ccc(OC(F)F)cc1. The largest absolute Gasteiger partial charge is 0.478 e. The molecule has 0 atom stereocenters. The highest BCUT2D eigenvalue weighted by Crippen LogP contribution is 2.28. The minimum atomic E-state index is -2.91. The Hall–Kier alpha value is -3.02. The average Bonchev–Trinajstić information content (AvgIpc) is 2.53. The minimum Gasteiger partial charge on any atom is -0.478 e. The van der Waals surface area contributed by atoms with E-state index in [1.807, 2.05) is 0 Å². The molecule has 0 bridgehead atoms. The van der Waals surface area contributed by atoms with Crippen LogP contribution in [0.2, 0.25) is 0 Å². The lowest BCUT2D eigenvalue weighted by atomic mass is 9.97. The number of rotatable bonds is 6. The molecule has 0 saturated heterocycles. The highest BCUT2D eigenvalue weighted by atomic mass is 19.3. The van der Waals surface area contributed by atoms with Gasteiger partial charge in [0.2, 0.25) is 0 Å². The van der Waals surface area contributed by atoms with Crippen molar-refractivity contribution in [3.05, 3.63) is 59.7 Å². The Balaban J connectivity index is 2.46. The van der Waals surface area contributed by atoms with Gasteiger partial charge in [-0.2, -0.15) is 8.78 Å². The Labute approximate surface area is 130 Å². The number of carbonyl (C=O) groups excluding carboxylic acids is 1. The third-order valence-corrected chi connectivity index (χ3v) is 3.05. The lowest BCUT2D eigenvalue weighted by Crippen LogP contribution is -2.01. The van der Waals surface area contributed by atoms with E-state index in [1.54, 1.807) is 6.07 Å². The van der Waals surface area contributed by atoms with Crippen LogP contribution in [-0.2, 0) is 4.79 Å². The molecule has 0 aromatic heterocycles. The maximum atomic E-state index is 12.2. The zero-order valence-corrected chi connectivity index (χ0v) is 11.8. The van der Waals surface area contributed by atoms with Gasteiger partial charge < -0.3 is 9.84 Å². The molecule has 1 N–H and O–H groups in total. The molecule has 0 aliphatic heterocycles. The van der Waals surface area contributed by atoms with E-state index in [0.29, 0.717) is 23.0 Å². The highest BCUT2D eigenvalue weighted by molar-refractivity contribution is 5.91. The van der Waals surface area contributed by atoms with E-state index in [0.717, 1.165) is 0 Å². The number of aromatic carboxylic acids is 1. The smallest absolute Gasteiger partial charge is 0.387 e. The molecule has 6 heteroatoms. The number of alkyl halides is 2. The third-order valence-electron chi connectivity index (χ3n) is 3.05. The summed E-state index contributed by atoms with van der Waals surface area (Å²) in [5.74, 6) is -1.09. The summed E-state index contributed by atoms with van der Waals surface area (Å²) in [6, 6.07) is 10.3. The van der Waals surface area contributed by atoms with Gasteiger partial charge in [0, 0.05) is 0 Å². The Bertz CT molecular complexity index is 737. The number of halogens is 2. The summed E-state index contributed by atoms with van der Waals surface area (Å²) in [6.45, 7) is -2.91. The number of benzene rings is 2. The van der Waals surface area contributed by atoms with Crippen molar-refractivity contribution in [1.82, 2.24) is 0 Å². The van der Waals surface area contributed by atoms with E-state index in [1.165, 1.54) is 48.6 Å². The zero-order valence-electron chi connectivity index (χ0n) is 11.8. The van der Waals surface area contributed by atoms with Crippen molar-refractivity contribution in [2.24, 2.45) is 0 Å². The van der Waals surface area contributed by atoms with Crippen LogP contribution in [-0.4, -0.2) is 24.0 Å². The molecule has 2 rings (SSSR count). The molecule has 4 nitrogen and oxygen atoms in total. The molecule has 23 heavy (non-hydrogen) atoms. The fraction of sp³-hybridized carbons (Fsp3) is 0.0588. The van der Waals surface area contributed by atoms with Crippen LogP contribution >= 0.6 is 0 Å². The summed E-state index contributed by atoms with van der Waals surface area (Å²) >= 11 is 0. The molecule has 0 aliphatic rings. The molecule has 0 aliphatic carbocycles. The van der Waals surface area contributed by atoms with Crippen LogP contribution in [0.4, 0.5) is 8.78 Å². The Kier molecular flexibility index (Phi) is 5.19. The van der Waals surface area contributed by atoms with Gasteiger partial charge in [0.25, 0.3) is 0 Å². The topological polar surface area (TPSA) is 63.6 Å². The van der Waals surface area contributed by atoms with E-state index in [-0.39, 0.29) is 11.3 Å². The van der Waals surface area contributed by atoms with Gasteiger partial charge in [-0.05, 0) is 47.0 Å². The van der Waals surface area contributed by atoms with Crippen molar-refractivity contribution < 1.29 is 28.2 Å². The van der Waals surface area contributed by atoms with E-state index >= 15 is 0 Å². The summed E-state index contributed by atoms with van der Waals surface area (Å²) in [7, 11) is 0. The summed E-state index contributed by atoms with van der Waals surface area (Å²) in [5.41, 5.74) is 1.88. The fourth-order valence-corrected chi connectivity index (χ4v) is 2.04. The maximum absolute atomic E-state index is 12.2. The first-order valence-electron chi connectivity index (χ1n) is 6.55. The Morgan fingerprint density at radius 1 is 1.13 bits per heavy atom. The molecule has 2 aromatic carbocycles. The summed E-state index contributed by atoms with van der Waals surface area (Å²) < 4.78 is 28.6. The lowest BCUT2D eigenvalue weighted by Gasteiger charge is -2.10. The van der Waals surface area contributed by atoms with Gasteiger partial charge in [-0.15, -0.1) is 0 Å². The first-order chi connectivity index (χ1) is 11.0. The average molecular weight is 318 g/mol. The van der Waals surface area contributed by atoms with Gasteiger partial charge in [0.15, 0.2) is 0 Å². The van der Waals surface area contributed by atoms with Crippen LogP contribution in [0.1, 0.15) is 15.9 Å². The molecular formula is C17H12F2O4. The van der Waals surface area contributed by atoms with Crippen LogP contribution in [0, 0.1) is 0 Å². The molecule has 0 unspecified atom stereocenters. The predicted octanol–water partition coefficient (Wildman–Crippen LogP) is 3.87. The maximum Gasteiger partial charge on any atom is 0.387 e. The molecule has 0 amide bonds. The van der Waals surface area contributed by atoms with Crippen molar-refractivity contribution in [2.45, 2.75) is 6.61 Å². The van der Waals surface area contributed by atoms with Crippen molar-refractivity contribution in [1.29, 1.82) is 0 Å². The van der Waals surface area contributed by atoms with Gasteiger partial charge in [0.05, 0.1) is 5.56 Å². The summed E-state index contributed by atoms with van der Waals surface area (Å²) in [5, 5.41) is 9.09. The van der Waals surface area contributed by atoms with Crippen molar-refractivity contribution in [2.75, 3.05) is 0 Å². The number of hydrogen-bond donors (Lipinski definition) is 1. The first-order valence-corrected chi connectivity index (χ1v) is 6.55. The van der Waals surface area contributed by atoms with Gasteiger partial charge in [-0.1, -0.05) is 24.3 Å². The van der Waals surface area contributed by atoms with Gasteiger partial charge >= 0.3 is 12.6 Å². The van der Waals surface area contributed by atoms with Crippen LogP contribution in [0.25, 0.3) is 17.2 Å². The first kappa shape index (κ1) is 16.4.